The van der Waals surface area contributed by atoms with E-state index >= 15 is 0 Å². The van der Waals surface area contributed by atoms with Crippen LogP contribution >= 0.6 is 0 Å². The number of benzene rings is 2. The van der Waals surface area contributed by atoms with Crippen LogP contribution in [0.5, 0.6) is 11.5 Å². The van der Waals surface area contributed by atoms with Crippen LogP contribution < -0.4 is 9.47 Å². The third kappa shape index (κ3) is 6.29. The van der Waals surface area contributed by atoms with E-state index in [9.17, 15) is 9.90 Å². The van der Waals surface area contributed by atoms with E-state index in [4.69, 9.17) is 9.47 Å². The van der Waals surface area contributed by atoms with Crippen LogP contribution in [-0.4, -0.2) is 73.2 Å². The first kappa shape index (κ1) is 21.3. The molecule has 6 nitrogen and oxygen atoms in total. The maximum absolute atomic E-state index is 11.5. The van der Waals surface area contributed by atoms with Gasteiger partial charge in [-0.25, -0.2) is 0 Å². The molecule has 0 aromatic heterocycles. The van der Waals surface area contributed by atoms with Crippen LogP contribution in [0.25, 0.3) is 0 Å². The van der Waals surface area contributed by atoms with Gasteiger partial charge in [-0.2, -0.15) is 0 Å². The zero-order chi connectivity index (χ0) is 20.6. The van der Waals surface area contributed by atoms with Crippen molar-refractivity contribution >= 4 is 5.78 Å². The van der Waals surface area contributed by atoms with Crippen molar-refractivity contribution in [3.05, 3.63) is 59.7 Å². The molecule has 1 atom stereocenters. The van der Waals surface area contributed by atoms with Crippen LogP contribution in [-0.2, 0) is 6.54 Å². The SMILES string of the molecule is COc1cc(C(C)=O)ccc1OC[C@H](O)CN1CCN(Cc2ccccc2)CC1. The molecule has 1 aliphatic rings. The van der Waals surface area contributed by atoms with E-state index in [1.165, 1.54) is 19.6 Å². The molecule has 0 bridgehead atoms. The lowest BCUT2D eigenvalue weighted by Crippen LogP contribution is -2.48. The van der Waals surface area contributed by atoms with Crippen LogP contribution in [0.2, 0.25) is 0 Å². The maximum Gasteiger partial charge on any atom is 0.161 e. The highest BCUT2D eigenvalue weighted by Crippen LogP contribution is 2.28. The number of Topliss-reactive ketones (excluding diaryl/α,β-unsaturated/α-hetero) is 1. The summed E-state index contributed by atoms with van der Waals surface area (Å²) in [4.78, 5) is 16.2. The third-order valence-corrected chi connectivity index (χ3v) is 5.18. The Hall–Kier alpha value is -2.41. The summed E-state index contributed by atoms with van der Waals surface area (Å²) < 4.78 is 11.0. The van der Waals surface area contributed by atoms with E-state index in [1.807, 2.05) is 6.07 Å². The van der Waals surface area contributed by atoms with Crippen LogP contribution in [0.15, 0.2) is 48.5 Å². The second kappa shape index (κ2) is 10.4. The first-order chi connectivity index (χ1) is 14.0. The maximum atomic E-state index is 11.5. The van der Waals surface area contributed by atoms with Crippen molar-refractivity contribution in [2.45, 2.75) is 19.6 Å². The zero-order valence-electron chi connectivity index (χ0n) is 17.2. The first-order valence-corrected chi connectivity index (χ1v) is 10.0. The molecule has 1 N–H and O–H groups in total. The number of piperazine rings is 1. The molecule has 0 amide bonds. The molecule has 1 saturated heterocycles. The molecule has 0 radical (unpaired) electrons. The smallest absolute Gasteiger partial charge is 0.161 e. The van der Waals surface area contributed by atoms with E-state index in [2.05, 4.69) is 34.1 Å². The fourth-order valence-electron chi connectivity index (χ4n) is 3.51. The van der Waals surface area contributed by atoms with Gasteiger partial charge in [0.25, 0.3) is 0 Å². The average Bonchev–Trinajstić information content (AvgIpc) is 2.74. The monoisotopic (exact) mass is 398 g/mol. The number of nitrogens with zero attached hydrogens (tertiary/aromatic N) is 2. The van der Waals surface area contributed by atoms with Crippen LogP contribution in [0.4, 0.5) is 0 Å². The molecule has 6 heteroatoms. The van der Waals surface area contributed by atoms with Crippen molar-refractivity contribution in [1.29, 1.82) is 0 Å². The minimum absolute atomic E-state index is 0.0266. The number of aliphatic hydroxyl groups excluding tert-OH is 1. The van der Waals surface area contributed by atoms with Crippen molar-refractivity contribution < 1.29 is 19.4 Å². The molecular formula is C23H30N2O4. The number of ketones is 1. The quantitative estimate of drug-likeness (QED) is 0.655. The Labute approximate surface area is 172 Å². The number of hydrogen-bond donors (Lipinski definition) is 1. The second-order valence-electron chi connectivity index (χ2n) is 7.45. The first-order valence-electron chi connectivity index (χ1n) is 10.0. The van der Waals surface area contributed by atoms with Gasteiger partial charge in [-0.15, -0.1) is 0 Å². The number of methoxy groups -OCH3 is 1. The fourth-order valence-corrected chi connectivity index (χ4v) is 3.51. The fraction of sp³-hybridized carbons (Fsp3) is 0.435. The Morgan fingerprint density at radius 3 is 2.38 bits per heavy atom. The zero-order valence-corrected chi connectivity index (χ0v) is 17.2. The lowest BCUT2D eigenvalue weighted by molar-refractivity contribution is 0.0440. The van der Waals surface area contributed by atoms with Crippen molar-refractivity contribution in [3.63, 3.8) is 0 Å². The van der Waals surface area contributed by atoms with Gasteiger partial charge in [0.1, 0.15) is 12.7 Å². The van der Waals surface area contributed by atoms with E-state index in [1.54, 1.807) is 18.2 Å². The lowest BCUT2D eigenvalue weighted by Gasteiger charge is -2.35. The van der Waals surface area contributed by atoms with Gasteiger partial charge < -0.3 is 14.6 Å². The summed E-state index contributed by atoms with van der Waals surface area (Å²) in [7, 11) is 1.54. The standard InChI is InChI=1S/C23H30N2O4/c1-18(26)20-8-9-22(23(14-20)28-2)29-17-21(27)16-25-12-10-24(11-13-25)15-19-6-4-3-5-7-19/h3-9,14,21,27H,10-13,15-17H2,1-2H3/t21-/m1/s1. The van der Waals surface area contributed by atoms with Gasteiger partial charge in [0, 0.05) is 44.8 Å². The van der Waals surface area contributed by atoms with Crippen LogP contribution in [0, 0.1) is 0 Å². The summed E-state index contributed by atoms with van der Waals surface area (Å²) in [5.74, 6) is 1.00. The number of hydrogen-bond acceptors (Lipinski definition) is 6. The minimum atomic E-state index is -0.590. The molecule has 0 aliphatic carbocycles. The Kier molecular flexibility index (Phi) is 7.63. The topological polar surface area (TPSA) is 62.2 Å². The van der Waals surface area contributed by atoms with E-state index in [0.717, 1.165) is 32.7 Å². The van der Waals surface area contributed by atoms with Crippen molar-refractivity contribution in [2.24, 2.45) is 0 Å². The molecular weight excluding hydrogens is 368 g/mol. The third-order valence-electron chi connectivity index (χ3n) is 5.18. The van der Waals surface area contributed by atoms with E-state index in [0.29, 0.717) is 23.6 Å². The molecule has 0 saturated carbocycles. The summed E-state index contributed by atoms with van der Waals surface area (Å²) in [5, 5.41) is 10.4. The van der Waals surface area contributed by atoms with Crippen molar-refractivity contribution in [3.8, 4) is 11.5 Å². The Balaban J connectivity index is 1.42. The van der Waals surface area contributed by atoms with Gasteiger partial charge in [-0.05, 0) is 30.7 Å². The highest BCUT2D eigenvalue weighted by Gasteiger charge is 2.20. The lowest BCUT2D eigenvalue weighted by atomic mass is 10.1. The predicted molar refractivity (Wildman–Crippen MR) is 113 cm³/mol. The number of rotatable bonds is 9. The van der Waals surface area contributed by atoms with E-state index < -0.39 is 6.10 Å². The molecule has 0 unspecified atom stereocenters. The second-order valence-corrected chi connectivity index (χ2v) is 7.45. The molecule has 1 fully saturated rings. The minimum Gasteiger partial charge on any atom is -0.493 e. The summed E-state index contributed by atoms with van der Waals surface area (Å²) in [6.45, 7) is 7.08. The Bertz CT molecular complexity index is 789. The number of carbonyl (C=O) groups excluding carboxylic acids is 1. The Morgan fingerprint density at radius 1 is 1.03 bits per heavy atom. The predicted octanol–water partition coefficient (Wildman–Crippen LogP) is 2.46. The van der Waals surface area contributed by atoms with Gasteiger partial charge in [-0.1, -0.05) is 30.3 Å². The molecule has 156 valence electrons. The molecule has 2 aromatic rings. The number of ether oxygens (including phenoxy) is 2. The van der Waals surface area contributed by atoms with Crippen LogP contribution in [0.3, 0.4) is 0 Å². The molecule has 0 spiro atoms. The van der Waals surface area contributed by atoms with Crippen LogP contribution in [0.1, 0.15) is 22.8 Å². The number of β-amino-alcohol motifs (C(OH)–C–C–N with tert-alkyl or cyclic N) is 1. The molecule has 2 aromatic carbocycles. The molecule has 1 aliphatic heterocycles. The summed E-state index contributed by atoms with van der Waals surface area (Å²) in [6, 6.07) is 15.6. The summed E-state index contributed by atoms with van der Waals surface area (Å²) in [6.07, 6.45) is -0.590. The highest BCUT2D eigenvalue weighted by molar-refractivity contribution is 5.94. The van der Waals surface area contributed by atoms with E-state index in [-0.39, 0.29) is 12.4 Å². The Morgan fingerprint density at radius 2 is 1.72 bits per heavy atom. The van der Waals surface area contributed by atoms with Gasteiger partial charge >= 0.3 is 0 Å². The van der Waals surface area contributed by atoms with Crippen molar-refractivity contribution in [2.75, 3.05) is 46.4 Å². The normalized spacial score (nSPS) is 16.4. The van der Waals surface area contributed by atoms with Gasteiger partial charge in [-0.3, -0.25) is 14.6 Å². The van der Waals surface area contributed by atoms with Gasteiger partial charge in [0.2, 0.25) is 0 Å². The average molecular weight is 399 g/mol. The largest absolute Gasteiger partial charge is 0.493 e. The van der Waals surface area contributed by atoms with Crippen molar-refractivity contribution in [1.82, 2.24) is 9.80 Å². The number of aliphatic hydroxyl groups is 1. The van der Waals surface area contributed by atoms with Gasteiger partial charge in [0.15, 0.2) is 17.3 Å². The molecule has 1 heterocycles. The van der Waals surface area contributed by atoms with Gasteiger partial charge in [0.05, 0.1) is 7.11 Å². The number of carbonyl (C=O) groups is 1. The molecule has 29 heavy (non-hydrogen) atoms. The summed E-state index contributed by atoms with van der Waals surface area (Å²) in [5.41, 5.74) is 1.90. The summed E-state index contributed by atoms with van der Waals surface area (Å²) >= 11 is 0. The molecule has 3 rings (SSSR count). The highest BCUT2D eigenvalue weighted by atomic mass is 16.5.